The molecule has 1 fully saturated rings. The highest BCUT2D eigenvalue weighted by atomic mass is 35.5. The van der Waals surface area contributed by atoms with Crippen LogP contribution in [0.1, 0.15) is 12.0 Å². The maximum absolute atomic E-state index is 5.89. The largest absolute Gasteiger partial charge is 0.366 e. The van der Waals surface area contributed by atoms with Gasteiger partial charge in [-0.3, -0.25) is 0 Å². The molecule has 1 unspecified atom stereocenters. The normalized spacial score (nSPS) is 19.7. The Morgan fingerprint density at radius 2 is 2.40 bits per heavy atom. The van der Waals surface area contributed by atoms with Gasteiger partial charge in [-0.15, -0.1) is 12.4 Å². The molecule has 1 aliphatic heterocycles. The molecule has 2 heterocycles. The van der Waals surface area contributed by atoms with Gasteiger partial charge in [-0.25, -0.2) is 4.98 Å². The van der Waals surface area contributed by atoms with Crippen LogP contribution >= 0.6 is 24.0 Å². The molecule has 2 N–H and O–H groups in total. The molecule has 84 valence electrons. The van der Waals surface area contributed by atoms with Crippen LogP contribution in [0.25, 0.3) is 0 Å². The van der Waals surface area contributed by atoms with Crippen LogP contribution in [-0.2, 0) is 0 Å². The highest BCUT2D eigenvalue weighted by Gasteiger charge is 2.14. The zero-order chi connectivity index (χ0) is 9.97. The molecule has 1 saturated heterocycles. The van der Waals surface area contributed by atoms with Crippen molar-refractivity contribution in [3.05, 3.63) is 22.8 Å². The Balaban J connectivity index is 0.00000112. The maximum Gasteiger partial charge on any atom is 0.126 e. The van der Waals surface area contributed by atoms with Crippen molar-refractivity contribution in [3.8, 4) is 0 Å². The van der Waals surface area contributed by atoms with E-state index < -0.39 is 0 Å². The molecule has 1 aliphatic rings. The minimum atomic E-state index is 0. The third-order valence-corrected chi connectivity index (χ3v) is 2.85. The fourth-order valence-electron chi connectivity index (χ4n) is 1.61. The van der Waals surface area contributed by atoms with Crippen LogP contribution in [0, 0.1) is 6.92 Å². The zero-order valence-electron chi connectivity index (χ0n) is 8.59. The average Bonchev–Trinajstić information content (AvgIpc) is 2.64. The van der Waals surface area contributed by atoms with Gasteiger partial charge in [-0.2, -0.15) is 0 Å². The van der Waals surface area contributed by atoms with E-state index in [2.05, 4.69) is 15.6 Å². The minimum Gasteiger partial charge on any atom is -0.366 e. The van der Waals surface area contributed by atoms with E-state index in [4.69, 9.17) is 11.6 Å². The number of aryl methyl sites for hydroxylation is 1. The van der Waals surface area contributed by atoms with Crippen molar-refractivity contribution in [2.75, 3.05) is 18.4 Å². The molecule has 15 heavy (non-hydrogen) atoms. The molecule has 5 heteroatoms. The van der Waals surface area contributed by atoms with Gasteiger partial charge in [0.1, 0.15) is 5.82 Å². The van der Waals surface area contributed by atoms with Crippen LogP contribution in [-0.4, -0.2) is 24.1 Å². The summed E-state index contributed by atoms with van der Waals surface area (Å²) >= 11 is 5.89. The first-order chi connectivity index (χ1) is 6.75. The molecule has 0 radical (unpaired) electrons. The molecule has 0 aromatic carbocycles. The van der Waals surface area contributed by atoms with E-state index in [1.54, 1.807) is 6.20 Å². The highest BCUT2D eigenvalue weighted by Crippen LogP contribution is 2.17. The Bertz CT molecular complexity index is 324. The van der Waals surface area contributed by atoms with Gasteiger partial charge < -0.3 is 10.6 Å². The van der Waals surface area contributed by atoms with Crippen molar-refractivity contribution in [1.29, 1.82) is 0 Å². The van der Waals surface area contributed by atoms with E-state index in [0.717, 1.165) is 35.9 Å². The summed E-state index contributed by atoms with van der Waals surface area (Å²) in [7, 11) is 0. The number of hydrogen-bond donors (Lipinski definition) is 2. The molecule has 1 aromatic heterocycles. The second-order valence-corrected chi connectivity index (χ2v) is 4.06. The van der Waals surface area contributed by atoms with Crippen molar-refractivity contribution in [2.45, 2.75) is 19.4 Å². The Kier molecular flexibility index (Phi) is 4.64. The Hall–Kier alpha value is -0.510. The van der Waals surface area contributed by atoms with E-state index in [0.29, 0.717) is 6.04 Å². The predicted molar refractivity (Wildman–Crippen MR) is 66.1 cm³/mol. The van der Waals surface area contributed by atoms with Gasteiger partial charge in [-0.1, -0.05) is 11.6 Å². The first kappa shape index (κ1) is 12.6. The summed E-state index contributed by atoms with van der Waals surface area (Å²) < 4.78 is 0. The van der Waals surface area contributed by atoms with Gasteiger partial charge in [0, 0.05) is 18.8 Å². The average molecular weight is 248 g/mol. The molecule has 0 bridgehead atoms. The lowest BCUT2D eigenvalue weighted by Gasteiger charge is -2.12. The van der Waals surface area contributed by atoms with Crippen LogP contribution in [0.15, 0.2) is 12.3 Å². The molecule has 0 saturated carbocycles. The quantitative estimate of drug-likeness (QED) is 0.842. The summed E-state index contributed by atoms with van der Waals surface area (Å²) in [4.78, 5) is 4.23. The molecular weight excluding hydrogens is 233 g/mol. The second kappa shape index (κ2) is 5.54. The number of hydrogen-bond acceptors (Lipinski definition) is 3. The first-order valence-electron chi connectivity index (χ1n) is 4.85. The van der Waals surface area contributed by atoms with E-state index >= 15 is 0 Å². The zero-order valence-corrected chi connectivity index (χ0v) is 10.2. The van der Waals surface area contributed by atoms with Crippen LogP contribution in [0.3, 0.4) is 0 Å². The fraction of sp³-hybridized carbons (Fsp3) is 0.500. The monoisotopic (exact) mass is 247 g/mol. The number of rotatable bonds is 2. The Morgan fingerprint density at radius 3 is 3.00 bits per heavy atom. The van der Waals surface area contributed by atoms with Crippen LogP contribution in [0.4, 0.5) is 5.82 Å². The van der Waals surface area contributed by atoms with E-state index in [9.17, 15) is 0 Å². The standard InChI is InChI=1S/C10H14ClN3.ClH/c1-7-4-10(13-6-9(7)11)14-8-2-3-12-5-8;/h4,6,8,12H,2-3,5H2,1H3,(H,13,14);1H. The maximum atomic E-state index is 5.89. The van der Waals surface area contributed by atoms with Crippen LogP contribution in [0.5, 0.6) is 0 Å². The molecule has 0 spiro atoms. The van der Waals surface area contributed by atoms with Gasteiger partial charge in [0.2, 0.25) is 0 Å². The number of aromatic nitrogens is 1. The number of halogens is 2. The summed E-state index contributed by atoms with van der Waals surface area (Å²) in [6, 6.07) is 2.49. The summed E-state index contributed by atoms with van der Waals surface area (Å²) in [5.41, 5.74) is 1.06. The van der Waals surface area contributed by atoms with Gasteiger partial charge in [0.15, 0.2) is 0 Å². The van der Waals surface area contributed by atoms with E-state index in [-0.39, 0.29) is 12.4 Å². The molecule has 2 rings (SSSR count). The Labute approximate surface area is 101 Å². The number of anilines is 1. The summed E-state index contributed by atoms with van der Waals surface area (Å²) in [5, 5.41) is 7.40. The van der Waals surface area contributed by atoms with Gasteiger partial charge in [-0.05, 0) is 31.5 Å². The summed E-state index contributed by atoms with van der Waals surface area (Å²) in [6.07, 6.45) is 2.85. The smallest absolute Gasteiger partial charge is 0.126 e. The molecular formula is C10H15Cl2N3. The van der Waals surface area contributed by atoms with Crippen LogP contribution in [0.2, 0.25) is 5.02 Å². The fourth-order valence-corrected chi connectivity index (χ4v) is 1.71. The number of nitrogens with zero attached hydrogens (tertiary/aromatic N) is 1. The van der Waals surface area contributed by atoms with Gasteiger partial charge >= 0.3 is 0 Å². The van der Waals surface area contributed by atoms with Crippen LogP contribution < -0.4 is 10.6 Å². The lowest BCUT2D eigenvalue weighted by atomic mass is 10.2. The molecule has 1 atom stereocenters. The summed E-state index contributed by atoms with van der Waals surface area (Å²) in [6.45, 7) is 4.09. The Morgan fingerprint density at radius 1 is 1.60 bits per heavy atom. The SMILES string of the molecule is Cc1cc(NC2CCNC2)ncc1Cl.Cl. The van der Waals surface area contributed by atoms with Crippen molar-refractivity contribution in [3.63, 3.8) is 0 Å². The van der Waals surface area contributed by atoms with Crippen molar-refractivity contribution < 1.29 is 0 Å². The molecule has 1 aromatic rings. The third kappa shape index (κ3) is 3.23. The van der Waals surface area contributed by atoms with Gasteiger partial charge in [0.25, 0.3) is 0 Å². The predicted octanol–water partition coefficient (Wildman–Crippen LogP) is 2.24. The highest BCUT2D eigenvalue weighted by molar-refractivity contribution is 6.31. The number of pyridine rings is 1. The number of nitrogens with one attached hydrogen (secondary N) is 2. The second-order valence-electron chi connectivity index (χ2n) is 3.65. The lowest BCUT2D eigenvalue weighted by molar-refractivity contribution is 0.788. The van der Waals surface area contributed by atoms with E-state index in [1.165, 1.54) is 0 Å². The van der Waals surface area contributed by atoms with E-state index in [1.807, 2.05) is 13.0 Å². The lowest BCUT2D eigenvalue weighted by Crippen LogP contribution is -2.22. The first-order valence-corrected chi connectivity index (χ1v) is 5.23. The topological polar surface area (TPSA) is 37.0 Å². The molecule has 0 amide bonds. The van der Waals surface area contributed by atoms with Crippen molar-refractivity contribution >= 4 is 29.8 Å². The van der Waals surface area contributed by atoms with Crippen molar-refractivity contribution in [1.82, 2.24) is 10.3 Å². The minimum absolute atomic E-state index is 0. The molecule has 0 aliphatic carbocycles. The third-order valence-electron chi connectivity index (χ3n) is 2.46. The summed E-state index contributed by atoms with van der Waals surface area (Å²) in [5.74, 6) is 0.917. The van der Waals surface area contributed by atoms with Crippen molar-refractivity contribution in [2.24, 2.45) is 0 Å². The van der Waals surface area contributed by atoms with Gasteiger partial charge in [0.05, 0.1) is 5.02 Å². The molecule has 3 nitrogen and oxygen atoms in total.